The molecular formula is C17H12ClNO2. The van der Waals surface area contributed by atoms with Crippen molar-refractivity contribution in [2.45, 2.75) is 0 Å². The normalized spacial score (nSPS) is 10.3. The summed E-state index contributed by atoms with van der Waals surface area (Å²) in [4.78, 5) is 11.8. The maximum absolute atomic E-state index is 11.8. The summed E-state index contributed by atoms with van der Waals surface area (Å²) >= 11 is 5.86. The van der Waals surface area contributed by atoms with Crippen molar-refractivity contribution in [1.29, 1.82) is 0 Å². The Morgan fingerprint density at radius 1 is 0.905 bits per heavy atom. The Kier molecular flexibility index (Phi) is 3.75. The molecule has 0 bridgehead atoms. The third-order valence-corrected chi connectivity index (χ3v) is 3.19. The van der Waals surface area contributed by atoms with Gasteiger partial charge in [-0.15, -0.1) is 0 Å². The van der Waals surface area contributed by atoms with Crippen LogP contribution >= 0.6 is 11.6 Å². The number of nitrogens with one attached hydrogen (secondary N) is 1. The summed E-state index contributed by atoms with van der Waals surface area (Å²) in [5.41, 5.74) is 1.53. The Morgan fingerprint density at radius 3 is 2.33 bits per heavy atom. The van der Waals surface area contributed by atoms with E-state index in [1.54, 1.807) is 12.1 Å². The Balaban J connectivity index is 1.96. The van der Waals surface area contributed by atoms with E-state index in [0.717, 1.165) is 11.3 Å². The highest BCUT2D eigenvalue weighted by atomic mass is 35.5. The van der Waals surface area contributed by atoms with Crippen LogP contribution in [0.2, 0.25) is 5.02 Å². The standard InChI is InChI=1S/C17H12ClNO2/c18-13-8-6-12(7-9-13)16-10-15(20)11-17(21-16)19-14-4-2-1-3-5-14/h1-11,19H. The molecule has 0 aliphatic heterocycles. The highest BCUT2D eigenvalue weighted by Gasteiger charge is 2.05. The second kappa shape index (κ2) is 5.85. The molecule has 0 saturated heterocycles. The van der Waals surface area contributed by atoms with Gasteiger partial charge in [0.05, 0.1) is 0 Å². The van der Waals surface area contributed by atoms with Gasteiger partial charge in [-0.25, -0.2) is 0 Å². The molecule has 0 aliphatic rings. The summed E-state index contributed by atoms with van der Waals surface area (Å²) < 4.78 is 5.73. The third-order valence-electron chi connectivity index (χ3n) is 2.94. The molecule has 21 heavy (non-hydrogen) atoms. The zero-order valence-corrected chi connectivity index (χ0v) is 11.8. The summed E-state index contributed by atoms with van der Waals surface area (Å²) in [5, 5.41) is 3.71. The monoisotopic (exact) mass is 297 g/mol. The summed E-state index contributed by atoms with van der Waals surface area (Å²) in [6, 6.07) is 19.6. The average molecular weight is 298 g/mol. The van der Waals surface area contributed by atoms with E-state index in [1.165, 1.54) is 12.1 Å². The van der Waals surface area contributed by atoms with Crippen molar-refractivity contribution >= 4 is 23.2 Å². The molecule has 1 N–H and O–H groups in total. The van der Waals surface area contributed by atoms with Crippen molar-refractivity contribution in [2.75, 3.05) is 5.32 Å². The van der Waals surface area contributed by atoms with E-state index in [1.807, 2.05) is 42.5 Å². The van der Waals surface area contributed by atoms with E-state index in [2.05, 4.69) is 5.32 Å². The van der Waals surface area contributed by atoms with Crippen molar-refractivity contribution in [3.8, 4) is 11.3 Å². The fraction of sp³-hybridized carbons (Fsp3) is 0. The van der Waals surface area contributed by atoms with E-state index in [0.29, 0.717) is 16.7 Å². The van der Waals surface area contributed by atoms with Crippen LogP contribution in [0.1, 0.15) is 0 Å². The van der Waals surface area contributed by atoms with Crippen LogP contribution in [0.4, 0.5) is 11.6 Å². The third kappa shape index (κ3) is 3.33. The molecule has 3 aromatic rings. The predicted octanol–water partition coefficient (Wildman–Crippen LogP) is 4.70. The van der Waals surface area contributed by atoms with Gasteiger partial charge in [0.2, 0.25) is 5.88 Å². The molecule has 4 heteroatoms. The van der Waals surface area contributed by atoms with Gasteiger partial charge in [-0.1, -0.05) is 29.8 Å². The van der Waals surface area contributed by atoms with Gasteiger partial charge >= 0.3 is 0 Å². The number of benzene rings is 2. The minimum Gasteiger partial charge on any atom is -0.440 e. The fourth-order valence-electron chi connectivity index (χ4n) is 1.96. The Bertz CT molecular complexity index is 795. The molecular weight excluding hydrogens is 286 g/mol. The molecule has 0 amide bonds. The summed E-state index contributed by atoms with van der Waals surface area (Å²) in [7, 11) is 0. The summed E-state index contributed by atoms with van der Waals surface area (Å²) in [6.07, 6.45) is 0. The SMILES string of the molecule is O=c1cc(Nc2ccccc2)oc(-c2ccc(Cl)cc2)c1. The van der Waals surface area contributed by atoms with Gasteiger partial charge in [-0.3, -0.25) is 4.79 Å². The van der Waals surface area contributed by atoms with Gasteiger partial charge in [0, 0.05) is 28.4 Å². The van der Waals surface area contributed by atoms with Crippen LogP contribution in [0.5, 0.6) is 0 Å². The molecule has 0 radical (unpaired) electrons. The number of para-hydroxylation sites is 1. The van der Waals surface area contributed by atoms with Gasteiger partial charge in [0.15, 0.2) is 5.43 Å². The maximum atomic E-state index is 11.8. The van der Waals surface area contributed by atoms with Crippen LogP contribution in [0.15, 0.2) is 75.9 Å². The van der Waals surface area contributed by atoms with E-state index in [-0.39, 0.29) is 5.43 Å². The zero-order valence-electron chi connectivity index (χ0n) is 11.0. The number of rotatable bonds is 3. The molecule has 3 rings (SSSR count). The Hall–Kier alpha value is -2.52. The topological polar surface area (TPSA) is 42.2 Å². The second-order valence-corrected chi connectivity index (χ2v) is 4.96. The molecule has 0 unspecified atom stereocenters. The lowest BCUT2D eigenvalue weighted by Crippen LogP contribution is -2.01. The second-order valence-electron chi connectivity index (χ2n) is 4.52. The average Bonchev–Trinajstić information content (AvgIpc) is 2.48. The first kappa shape index (κ1) is 13.5. The van der Waals surface area contributed by atoms with E-state index in [4.69, 9.17) is 16.0 Å². The molecule has 0 saturated carbocycles. The van der Waals surface area contributed by atoms with Crippen LogP contribution < -0.4 is 10.7 Å². The minimum atomic E-state index is -0.121. The molecule has 2 aromatic carbocycles. The van der Waals surface area contributed by atoms with Crippen molar-refractivity contribution in [1.82, 2.24) is 0 Å². The first-order valence-electron chi connectivity index (χ1n) is 6.44. The highest BCUT2D eigenvalue weighted by molar-refractivity contribution is 6.30. The van der Waals surface area contributed by atoms with Crippen molar-refractivity contribution < 1.29 is 4.42 Å². The van der Waals surface area contributed by atoms with Gasteiger partial charge in [0.25, 0.3) is 0 Å². The van der Waals surface area contributed by atoms with Crippen LogP contribution in [-0.4, -0.2) is 0 Å². The van der Waals surface area contributed by atoms with Crippen molar-refractivity contribution in [2.24, 2.45) is 0 Å². The molecule has 0 aliphatic carbocycles. The Labute approximate surface area is 126 Å². The fourth-order valence-corrected chi connectivity index (χ4v) is 2.09. The maximum Gasteiger partial charge on any atom is 0.201 e. The molecule has 3 nitrogen and oxygen atoms in total. The first-order valence-corrected chi connectivity index (χ1v) is 6.82. The van der Waals surface area contributed by atoms with Crippen molar-refractivity contribution in [3.63, 3.8) is 0 Å². The number of hydrogen-bond donors (Lipinski definition) is 1. The lowest BCUT2D eigenvalue weighted by Gasteiger charge is -2.07. The largest absolute Gasteiger partial charge is 0.440 e. The van der Waals surface area contributed by atoms with Crippen LogP contribution in [0.25, 0.3) is 11.3 Å². The lowest BCUT2D eigenvalue weighted by molar-refractivity contribution is 0.583. The lowest BCUT2D eigenvalue weighted by atomic mass is 10.1. The number of anilines is 2. The molecule has 1 aromatic heterocycles. The van der Waals surface area contributed by atoms with E-state index < -0.39 is 0 Å². The van der Waals surface area contributed by atoms with Gasteiger partial charge < -0.3 is 9.73 Å². The first-order chi connectivity index (χ1) is 10.2. The molecule has 0 spiro atoms. The summed E-state index contributed by atoms with van der Waals surface area (Å²) in [6.45, 7) is 0. The minimum absolute atomic E-state index is 0.121. The Morgan fingerprint density at radius 2 is 1.62 bits per heavy atom. The van der Waals surface area contributed by atoms with Crippen LogP contribution in [-0.2, 0) is 0 Å². The molecule has 0 fully saturated rings. The van der Waals surface area contributed by atoms with Crippen LogP contribution in [0, 0.1) is 0 Å². The smallest absolute Gasteiger partial charge is 0.201 e. The van der Waals surface area contributed by atoms with E-state index in [9.17, 15) is 4.79 Å². The number of halogens is 1. The van der Waals surface area contributed by atoms with Crippen LogP contribution in [0.3, 0.4) is 0 Å². The van der Waals surface area contributed by atoms with Gasteiger partial charge in [0.1, 0.15) is 5.76 Å². The van der Waals surface area contributed by atoms with Crippen molar-refractivity contribution in [3.05, 3.63) is 82.0 Å². The quantitative estimate of drug-likeness (QED) is 0.761. The zero-order chi connectivity index (χ0) is 14.7. The van der Waals surface area contributed by atoms with E-state index >= 15 is 0 Å². The molecule has 1 heterocycles. The summed E-state index contributed by atoms with van der Waals surface area (Å²) in [5.74, 6) is 0.899. The predicted molar refractivity (Wildman–Crippen MR) is 85.1 cm³/mol. The van der Waals surface area contributed by atoms with Gasteiger partial charge in [-0.2, -0.15) is 0 Å². The molecule has 104 valence electrons. The van der Waals surface area contributed by atoms with Gasteiger partial charge in [-0.05, 0) is 36.4 Å². The number of hydrogen-bond acceptors (Lipinski definition) is 3. The highest BCUT2D eigenvalue weighted by Crippen LogP contribution is 2.24. The molecule has 0 atom stereocenters.